The van der Waals surface area contributed by atoms with Gasteiger partial charge in [-0.25, -0.2) is 8.78 Å². The number of phenolic OH excluding ortho intramolecular Hbond substituents is 1. The summed E-state index contributed by atoms with van der Waals surface area (Å²) in [7, 11) is 1.61. The number of aromatic hydroxyl groups is 1. The molecule has 2 N–H and O–H groups in total. The van der Waals surface area contributed by atoms with Gasteiger partial charge in [-0.05, 0) is 7.05 Å². The normalized spacial score (nSPS) is 10.2. The highest BCUT2D eigenvalue weighted by Crippen LogP contribution is 2.21. The molecule has 0 aliphatic heterocycles. The third-order valence-corrected chi connectivity index (χ3v) is 1.49. The number of rotatable bonds is 2. The predicted octanol–water partition coefficient (Wildman–Crippen LogP) is 1.39. The molecule has 0 radical (unpaired) electrons. The van der Waals surface area contributed by atoms with Gasteiger partial charge in [0, 0.05) is 24.2 Å². The molecule has 0 unspecified atom stereocenters. The highest BCUT2D eigenvalue weighted by molar-refractivity contribution is 5.33. The molecule has 0 aliphatic rings. The average Bonchev–Trinajstić information content (AvgIpc) is 1.96. The standard InChI is InChI=1S/C8H9F2NO/c1-11-4-6-7(10)2-5(9)3-8(6)12/h2-3,11-12H,4H2,1H3. The SMILES string of the molecule is CNCc1c(O)cc(F)cc1F. The molecule has 1 aromatic carbocycles. The van der Waals surface area contributed by atoms with Crippen LogP contribution in [0.3, 0.4) is 0 Å². The van der Waals surface area contributed by atoms with Gasteiger partial charge in [0.25, 0.3) is 0 Å². The molecule has 2 nitrogen and oxygen atoms in total. The van der Waals surface area contributed by atoms with Crippen LogP contribution < -0.4 is 5.32 Å². The van der Waals surface area contributed by atoms with E-state index in [0.717, 1.165) is 12.1 Å². The number of halogens is 2. The van der Waals surface area contributed by atoms with Gasteiger partial charge >= 0.3 is 0 Å². The van der Waals surface area contributed by atoms with Gasteiger partial charge in [-0.3, -0.25) is 0 Å². The van der Waals surface area contributed by atoms with E-state index >= 15 is 0 Å². The summed E-state index contributed by atoms with van der Waals surface area (Å²) in [6.45, 7) is 0.179. The van der Waals surface area contributed by atoms with Gasteiger partial charge < -0.3 is 10.4 Å². The van der Waals surface area contributed by atoms with E-state index in [2.05, 4.69) is 5.32 Å². The second-order valence-corrected chi connectivity index (χ2v) is 2.42. The lowest BCUT2D eigenvalue weighted by molar-refractivity contribution is 0.447. The largest absolute Gasteiger partial charge is 0.507 e. The maximum atomic E-state index is 12.9. The summed E-state index contributed by atoms with van der Waals surface area (Å²) in [4.78, 5) is 0. The molecule has 0 spiro atoms. The van der Waals surface area contributed by atoms with Crippen LogP contribution >= 0.6 is 0 Å². The quantitative estimate of drug-likeness (QED) is 0.708. The van der Waals surface area contributed by atoms with Crippen molar-refractivity contribution in [1.29, 1.82) is 0 Å². The van der Waals surface area contributed by atoms with Crippen molar-refractivity contribution in [3.8, 4) is 5.75 Å². The molecule has 0 aromatic heterocycles. The van der Waals surface area contributed by atoms with Crippen LogP contribution in [-0.4, -0.2) is 12.2 Å². The van der Waals surface area contributed by atoms with Crippen LogP contribution in [0, 0.1) is 11.6 Å². The molecule has 0 aliphatic carbocycles. The Morgan fingerprint density at radius 3 is 2.58 bits per heavy atom. The number of hydrogen-bond donors (Lipinski definition) is 2. The van der Waals surface area contributed by atoms with Gasteiger partial charge in [-0.1, -0.05) is 0 Å². The van der Waals surface area contributed by atoms with Crippen LogP contribution in [0.25, 0.3) is 0 Å². The minimum Gasteiger partial charge on any atom is -0.507 e. The highest BCUT2D eigenvalue weighted by atomic mass is 19.1. The Morgan fingerprint density at radius 2 is 2.08 bits per heavy atom. The summed E-state index contributed by atoms with van der Waals surface area (Å²) in [6.07, 6.45) is 0. The first-order valence-corrected chi connectivity index (χ1v) is 3.46. The molecule has 1 aromatic rings. The lowest BCUT2D eigenvalue weighted by Crippen LogP contribution is -2.07. The fourth-order valence-electron chi connectivity index (χ4n) is 0.942. The summed E-state index contributed by atoms with van der Waals surface area (Å²) in [6, 6.07) is 1.63. The Balaban J connectivity index is 3.10. The van der Waals surface area contributed by atoms with Crippen molar-refractivity contribution in [2.45, 2.75) is 6.54 Å². The molecule has 0 saturated carbocycles. The molecule has 12 heavy (non-hydrogen) atoms. The third-order valence-electron chi connectivity index (χ3n) is 1.49. The van der Waals surface area contributed by atoms with Crippen molar-refractivity contribution >= 4 is 0 Å². The van der Waals surface area contributed by atoms with Crippen molar-refractivity contribution in [2.24, 2.45) is 0 Å². The summed E-state index contributed by atoms with van der Waals surface area (Å²) in [5, 5.41) is 11.7. The van der Waals surface area contributed by atoms with Crippen LogP contribution in [0.15, 0.2) is 12.1 Å². The van der Waals surface area contributed by atoms with E-state index in [-0.39, 0.29) is 17.9 Å². The van der Waals surface area contributed by atoms with Crippen molar-refractivity contribution in [3.05, 3.63) is 29.3 Å². The Hall–Kier alpha value is -1.16. The van der Waals surface area contributed by atoms with Crippen LogP contribution in [0.4, 0.5) is 8.78 Å². The van der Waals surface area contributed by atoms with Crippen LogP contribution in [0.2, 0.25) is 0 Å². The first-order chi connectivity index (χ1) is 5.65. The number of hydrogen-bond acceptors (Lipinski definition) is 2. The molecule has 1 rings (SSSR count). The third kappa shape index (κ3) is 1.71. The summed E-state index contributed by atoms with van der Waals surface area (Å²) < 4.78 is 25.3. The smallest absolute Gasteiger partial charge is 0.134 e. The van der Waals surface area contributed by atoms with E-state index in [4.69, 9.17) is 5.11 Å². The van der Waals surface area contributed by atoms with Crippen LogP contribution in [0.5, 0.6) is 5.75 Å². The first kappa shape index (κ1) is 8.93. The fraction of sp³-hybridized carbons (Fsp3) is 0.250. The Morgan fingerprint density at radius 1 is 1.42 bits per heavy atom. The summed E-state index contributed by atoms with van der Waals surface area (Å²) >= 11 is 0. The van der Waals surface area contributed by atoms with Gasteiger partial charge in [0.2, 0.25) is 0 Å². The van der Waals surface area contributed by atoms with Crippen molar-refractivity contribution in [1.82, 2.24) is 5.32 Å². The van der Waals surface area contributed by atoms with Crippen molar-refractivity contribution in [2.75, 3.05) is 7.05 Å². The van der Waals surface area contributed by atoms with Gasteiger partial charge in [0.15, 0.2) is 0 Å². The maximum Gasteiger partial charge on any atom is 0.134 e. The first-order valence-electron chi connectivity index (χ1n) is 3.46. The molecule has 0 saturated heterocycles. The predicted molar refractivity (Wildman–Crippen MR) is 40.8 cm³/mol. The molecule has 4 heteroatoms. The van der Waals surface area contributed by atoms with Crippen LogP contribution in [-0.2, 0) is 6.54 Å². The highest BCUT2D eigenvalue weighted by Gasteiger charge is 2.08. The monoisotopic (exact) mass is 173 g/mol. The zero-order chi connectivity index (χ0) is 9.14. The Labute approximate surface area is 68.8 Å². The minimum absolute atomic E-state index is 0.0823. The molecule has 0 bridgehead atoms. The van der Waals surface area contributed by atoms with Gasteiger partial charge in [-0.2, -0.15) is 0 Å². The number of nitrogens with one attached hydrogen (secondary N) is 1. The molecule has 0 heterocycles. The second-order valence-electron chi connectivity index (χ2n) is 2.42. The topological polar surface area (TPSA) is 32.3 Å². The molecule has 66 valence electrons. The van der Waals surface area contributed by atoms with Gasteiger partial charge in [0.05, 0.1) is 0 Å². The van der Waals surface area contributed by atoms with E-state index in [0.29, 0.717) is 0 Å². The van der Waals surface area contributed by atoms with Crippen LogP contribution in [0.1, 0.15) is 5.56 Å². The number of benzene rings is 1. The number of phenols is 1. The lowest BCUT2D eigenvalue weighted by atomic mass is 10.2. The fourth-order valence-corrected chi connectivity index (χ4v) is 0.942. The zero-order valence-corrected chi connectivity index (χ0v) is 6.56. The molecular weight excluding hydrogens is 164 g/mol. The van der Waals surface area contributed by atoms with Gasteiger partial charge in [-0.15, -0.1) is 0 Å². The molecule has 0 fully saturated rings. The average molecular weight is 173 g/mol. The maximum absolute atomic E-state index is 12.9. The molecular formula is C8H9F2NO. The van der Waals surface area contributed by atoms with Crippen molar-refractivity contribution in [3.63, 3.8) is 0 Å². The lowest BCUT2D eigenvalue weighted by Gasteiger charge is -2.04. The van der Waals surface area contributed by atoms with E-state index in [1.165, 1.54) is 0 Å². The van der Waals surface area contributed by atoms with E-state index in [1.54, 1.807) is 7.05 Å². The van der Waals surface area contributed by atoms with E-state index < -0.39 is 11.6 Å². The summed E-state index contributed by atoms with van der Waals surface area (Å²) in [5.74, 6) is -1.87. The van der Waals surface area contributed by atoms with E-state index in [9.17, 15) is 8.78 Å². The minimum atomic E-state index is -0.773. The second kappa shape index (κ2) is 3.49. The Kier molecular flexibility index (Phi) is 2.60. The Bertz CT molecular complexity index is 265. The van der Waals surface area contributed by atoms with E-state index in [1.807, 2.05) is 0 Å². The van der Waals surface area contributed by atoms with Crippen molar-refractivity contribution < 1.29 is 13.9 Å². The summed E-state index contributed by atoms with van der Waals surface area (Å²) in [5.41, 5.74) is 0.0823. The molecule has 0 amide bonds. The zero-order valence-electron chi connectivity index (χ0n) is 6.56. The van der Waals surface area contributed by atoms with Gasteiger partial charge in [0.1, 0.15) is 17.4 Å². The molecule has 0 atom stereocenters.